The summed E-state index contributed by atoms with van der Waals surface area (Å²) in [6, 6.07) is 15.1. The number of rotatable bonds is 5. The molecular weight excluding hydrogens is 314 g/mol. The van der Waals surface area contributed by atoms with Gasteiger partial charge in [-0.2, -0.15) is 0 Å². The lowest BCUT2D eigenvalue weighted by Gasteiger charge is -2.18. The Hall–Kier alpha value is -3.21. The molecule has 0 bridgehead atoms. The first-order valence-corrected chi connectivity index (χ1v) is 8.08. The minimum atomic E-state index is -0.373. The average Bonchev–Trinajstić information content (AvgIpc) is 2.67. The van der Waals surface area contributed by atoms with Crippen LogP contribution in [0.2, 0.25) is 0 Å². The molecule has 2 heterocycles. The number of aromatic amines is 1. The Balaban J connectivity index is 1.85. The van der Waals surface area contributed by atoms with Crippen LogP contribution in [-0.2, 0) is 6.42 Å². The van der Waals surface area contributed by atoms with E-state index in [1.54, 1.807) is 36.6 Å². The zero-order valence-electron chi connectivity index (χ0n) is 14.0. The van der Waals surface area contributed by atoms with Crippen molar-refractivity contribution in [3.05, 3.63) is 88.6 Å². The van der Waals surface area contributed by atoms with Crippen molar-refractivity contribution in [3.8, 4) is 11.1 Å². The third-order valence-electron chi connectivity index (χ3n) is 4.09. The van der Waals surface area contributed by atoms with Gasteiger partial charge >= 0.3 is 0 Å². The minimum absolute atomic E-state index is 0.172. The molecule has 5 heteroatoms. The lowest BCUT2D eigenvalue weighted by atomic mass is 10.0. The number of H-pyrrole nitrogens is 1. The van der Waals surface area contributed by atoms with Crippen molar-refractivity contribution in [1.29, 1.82) is 0 Å². The molecule has 0 radical (unpaired) electrons. The summed E-state index contributed by atoms with van der Waals surface area (Å²) in [5.41, 5.74) is 2.39. The second-order valence-corrected chi connectivity index (χ2v) is 5.79. The van der Waals surface area contributed by atoms with E-state index in [1.165, 1.54) is 0 Å². The molecule has 126 valence electrons. The van der Waals surface area contributed by atoms with Crippen LogP contribution in [0.4, 0.5) is 0 Å². The molecule has 0 spiro atoms. The molecule has 1 aromatic carbocycles. The van der Waals surface area contributed by atoms with E-state index in [9.17, 15) is 9.59 Å². The topological polar surface area (TPSA) is 66.1 Å². The smallest absolute Gasteiger partial charge is 0.261 e. The van der Waals surface area contributed by atoms with Gasteiger partial charge in [-0.15, -0.1) is 0 Å². The van der Waals surface area contributed by atoms with E-state index in [2.05, 4.69) is 9.97 Å². The predicted molar refractivity (Wildman–Crippen MR) is 97.4 cm³/mol. The first-order chi connectivity index (χ1) is 12.2. The van der Waals surface area contributed by atoms with Crippen LogP contribution in [0.1, 0.15) is 15.9 Å². The Labute approximate surface area is 146 Å². The molecule has 0 fully saturated rings. The molecule has 0 aliphatic heterocycles. The van der Waals surface area contributed by atoms with Crippen molar-refractivity contribution in [2.24, 2.45) is 0 Å². The molecule has 0 aliphatic rings. The van der Waals surface area contributed by atoms with Gasteiger partial charge in [0.15, 0.2) is 0 Å². The van der Waals surface area contributed by atoms with E-state index in [1.807, 2.05) is 42.5 Å². The number of pyridine rings is 2. The summed E-state index contributed by atoms with van der Waals surface area (Å²) >= 11 is 0. The number of benzene rings is 1. The van der Waals surface area contributed by atoms with E-state index in [0.717, 1.165) is 11.1 Å². The molecule has 0 saturated carbocycles. The van der Waals surface area contributed by atoms with Gasteiger partial charge in [0.2, 0.25) is 0 Å². The van der Waals surface area contributed by atoms with Gasteiger partial charge < -0.3 is 9.88 Å². The highest BCUT2D eigenvalue weighted by molar-refractivity contribution is 6.00. The Bertz CT molecular complexity index is 905. The second-order valence-electron chi connectivity index (χ2n) is 5.79. The van der Waals surface area contributed by atoms with Crippen molar-refractivity contribution in [2.45, 2.75) is 6.42 Å². The number of nitrogens with zero attached hydrogens (tertiary/aromatic N) is 2. The Morgan fingerprint density at radius 2 is 1.80 bits per heavy atom. The van der Waals surface area contributed by atoms with Gasteiger partial charge in [-0.25, -0.2) is 0 Å². The highest BCUT2D eigenvalue weighted by Gasteiger charge is 2.20. The predicted octanol–water partition coefficient (Wildman–Crippen LogP) is 2.75. The molecule has 25 heavy (non-hydrogen) atoms. The van der Waals surface area contributed by atoms with Gasteiger partial charge in [0.1, 0.15) is 5.56 Å². The van der Waals surface area contributed by atoms with Crippen LogP contribution in [0.25, 0.3) is 11.1 Å². The molecule has 0 atom stereocenters. The first-order valence-electron chi connectivity index (χ1n) is 8.08. The number of amides is 1. The summed E-state index contributed by atoms with van der Waals surface area (Å²) in [5, 5.41) is 0. The van der Waals surface area contributed by atoms with E-state index in [-0.39, 0.29) is 17.0 Å². The standard InChI is InChI=1S/C20H19N3O2/c1-23(14-10-15-7-11-21-12-8-15)20(25)18-17(9-13-22-19(18)24)16-5-3-2-4-6-16/h2-9,11-13H,10,14H2,1H3,(H,22,24). The van der Waals surface area contributed by atoms with Crippen LogP contribution >= 0.6 is 0 Å². The first kappa shape index (κ1) is 16.6. The number of aromatic nitrogens is 2. The van der Waals surface area contributed by atoms with E-state index in [4.69, 9.17) is 0 Å². The quantitative estimate of drug-likeness (QED) is 0.781. The Morgan fingerprint density at radius 3 is 2.52 bits per heavy atom. The van der Waals surface area contributed by atoms with Gasteiger partial charge in [-0.3, -0.25) is 14.6 Å². The highest BCUT2D eigenvalue weighted by atomic mass is 16.2. The number of carbonyl (C=O) groups is 1. The van der Waals surface area contributed by atoms with Crippen LogP contribution in [0, 0.1) is 0 Å². The number of hydrogen-bond donors (Lipinski definition) is 1. The van der Waals surface area contributed by atoms with Gasteiger partial charge in [-0.05, 0) is 35.7 Å². The summed E-state index contributed by atoms with van der Waals surface area (Å²) in [4.78, 5) is 33.4. The molecule has 2 aromatic heterocycles. The molecule has 5 nitrogen and oxygen atoms in total. The summed E-state index contributed by atoms with van der Waals surface area (Å²) in [7, 11) is 1.71. The molecule has 1 amide bonds. The van der Waals surface area contributed by atoms with Gasteiger partial charge in [0.05, 0.1) is 0 Å². The van der Waals surface area contributed by atoms with Gasteiger partial charge in [0.25, 0.3) is 11.5 Å². The largest absolute Gasteiger partial charge is 0.341 e. The fraction of sp³-hybridized carbons (Fsp3) is 0.150. The van der Waals surface area contributed by atoms with Crippen molar-refractivity contribution in [2.75, 3.05) is 13.6 Å². The van der Waals surface area contributed by atoms with Crippen molar-refractivity contribution >= 4 is 5.91 Å². The summed E-state index contributed by atoms with van der Waals surface area (Å²) in [5.74, 6) is -0.283. The number of hydrogen-bond acceptors (Lipinski definition) is 3. The number of likely N-dealkylation sites (N-methyl/N-ethyl adjacent to an activating group) is 1. The molecule has 0 saturated heterocycles. The maximum absolute atomic E-state index is 12.9. The maximum atomic E-state index is 12.9. The molecule has 0 aliphatic carbocycles. The molecule has 3 aromatic rings. The Kier molecular flexibility index (Phi) is 5.04. The van der Waals surface area contributed by atoms with Crippen LogP contribution in [0.15, 0.2) is 71.9 Å². The summed E-state index contributed by atoms with van der Waals surface area (Å²) in [6.07, 6.45) is 5.73. The molecule has 1 N–H and O–H groups in total. The highest BCUT2D eigenvalue weighted by Crippen LogP contribution is 2.21. The van der Waals surface area contributed by atoms with Crippen LogP contribution in [0.5, 0.6) is 0 Å². The maximum Gasteiger partial charge on any atom is 0.261 e. The van der Waals surface area contributed by atoms with Crippen molar-refractivity contribution < 1.29 is 4.79 Å². The van der Waals surface area contributed by atoms with Gasteiger partial charge in [0, 0.05) is 37.7 Å². The van der Waals surface area contributed by atoms with E-state index in [0.29, 0.717) is 18.5 Å². The normalized spacial score (nSPS) is 10.4. The monoisotopic (exact) mass is 333 g/mol. The number of carbonyl (C=O) groups excluding carboxylic acids is 1. The average molecular weight is 333 g/mol. The van der Waals surface area contributed by atoms with Crippen LogP contribution in [0.3, 0.4) is 0 Å². The second kappa shape index (κ2) is 7.57. The van der Waals surface area contributed by atoms with E-state index < -0.39 is 0 Å². The van der Waals surface area contributed by atoms with Crippen LogP contribution < -0.4 is 5.56 Å². The summed E-state index contributed by atoms with van der Waals surface area (Å²) in [6.45, 7) is 0.519. The number of nitrogens with one attached hydrogen (secondary N) is 1. The third-order valence-corrected chi connectivity index (χ3v) is 4.09. The SMILES string of the molecule is CN(CCc1ccncc1)C(=O)c1c(-c2ccccc2)cc[nH]c1=O. The lowest BCUT2D eigenvalue weighted by Crippen LogP contribution is -2.33. The van der Waals surface area contributed by atoms with Crippen molar-refractivity contribution in [3.63, 3.8) is 0 Å². The molecule has 3 rings (SSSR count). The molecule has 0 unspecified atom stereocenters. The van der Waals surface area contributed by atoms with E-state index >= 15 is 0 Å². The molecular formula is C20H19N3O2. The van der Waals surface area contributed by atoms with Crippen molar-refractivity contribution in [1.82, 2.24) is 14.9 Å². The Morgan fingerprint density at radius 1 is 1.08 bits per heavy atom. The zero-order chi connectivity index (χ0) is 17.6. The van der Waals surface area contributed by atoms with Crippen LogP contribution in [-0.4, -0.2) is 34.4 Å². The fourth-order valence-electron chi connectivity index (χ4n) is 2.69. The zero-order valence-corrected chi connectivity index (χ0v) is 14.0. The minimum Gasteiger partial charge on any atom is -0.341 e. The third kappa shape index (κ3) is 3.83. The lowest BCUT2D eigenvalue weighted by molar-refractivity contribution is 0.0795. The fourth-order valence-corrected chi connectivity index (χ4v) is 2.69. The van der Waals surface area contributed by atoms with Gasteiger partial charge in [-0.1, -0.05) is 30.3 Å². The summed E-state index contributed by atoms with van der Waals surface area (Å²) < 4.78 is 0.